The fraction of sp³-hybridized carbons (Fsp3) is 0.154. The van der Waals surface area contributed by atoms with Gasteiger partial charge in [-0.05, 0) is 48.2 Å². The molecule has 0 aliphatic heterocycles. The van der Waals surface area contributed by atoms with Crippen LogP contribution in [0.3, 0.4) is 0 Å². The van der Waals surface area contributed by atoms with Gasteiger partial charge in [0.15, 0.2) is 0 Å². The lowest BCUT2D eigenvalue weighted by molar-refractivity contribution is 1.31. The predicted molar refractivity (Wildman–Crippen MR) is 59.1 cm³/mol. The smallest absolute Gasteiger partial charge is 0.0273 e. The summed E-state index contributed by atoms with van der Waals surface area (Å²) in [6.45, 7) is 4.30. The highest BCUT2D eigenvalue weighted by molar-refractivity contribution is 5.67. The molecule has 0 bridgehead atoms. The summed E-state index contributed by atoms with van der Waals surface area (Å²) >= 11 is 0. The minimum atomic E-state index is 1.24. The topological polar surface area (TPSA) is 12.9 Å². The molecule has 0 aliphatic rings. The number of aromatic nitrogens is 1. The van der Waals surface area contributed by atoms with E-state index in [1.165, 1.54) is 22.3 Å². The monoisotopic (exact) mass is 183 g/mol. The van der Waals surface area contributed by atoms with Crippen LogP contribution in [0.2, 0.25) is 0 Å². The van der Waals surface area contributed by atoms with E-state index in [4.69, 9.17) is 0 Å². The summed E-state index contributed by atoms with van der Waals surface area (Å²) in [5.41, 5.74) is 5.21. The van der Waals surface area contributed by atoms with Crippen LogP contribution in [0.4, 0.5) is 0 Å². The van der Waals surface area contributed by atoms with Crippen LogP contribution in [-0.4, -0.2) is 4.98 Å². The average Bonchev–Trinajstić information content (AvgIpc) is 2.23. The number of hydrogen-bond acceptors (Lipinski definition) is 1. The van der Waals surface area contributed by atoms with E-state index in [1.807, 2.05) is 24.5 Å². The van der Waals surface area contributed by atoms with E-state index in [1.54, 1.807) is 0 Å². The van der Waals surface area contributed by atoms with Crippen LogP contribution in [0.5, 0.6) is 0 Å². The summed E-state index contributed by atoms with van der Waals surface area (Å²) in [6, 6.07) is 10.5. The van der Waals surface area contributed by atoms with Crippen LogP contribution in [0.25, 0.3) is 11.1 Å². The Labute approximate surface area is 84.4 Å². The van der Waals surface area contributed by atoms with Crippen molar-refractivity contribution in [3.63, 3.8) is 0 Å². The number of aryl methyl sites for hydroxylation is 1. The van der Waals surface area contributed by atoms with Crippen molar-refractivity contribution in [2.75, 3.05) is 0 Å². The molecule has 1 nitrogen and oxygen atoms in total. The molecule has 0 fully saturated rings. The number of benzene rings is 1. The van der Waals surface area contributed by atoms with E-state index in [2.05, 4.69) is 37.0 Å². The molecule has 0 saturated carbocycles. The minimum Gasteiger partial charge on any atom is -0.265 e. The molecule has 1 aromatic heterocycles. The molecule has 0 atom stereocenters. The summed E-state index contributed by atoms with van der Waals surface area (Å²) in [4.78, 5) is 4.02. The first-order valence-corrected chi connectivity index (χ1v) is 4.75. The largest absolute Gasteiger partial charge is 0.265 e. The second-order valence-electron chi connectivity index (χ2n) is 3.48. The molecule has 0 amide bonds. The third-order valence-corrected chi connectivity index (χ3v) is 2.60. The zero-order valence-electron chi connectivity index (χ0n) is 8.49. The Morgan fingerprint density at radius 3 is 2.36 bits per heavy atom. The quantitative estimate of drug-likeness (QED) is 0.660. The Hall–Kier alpha value is -1.63. The zero-order chi connectivity index (χ0) is 9.97. The number of nitrogens with zero attached hydrogens (tertiary/aromatic N) is 1. The summed E-state index contributed by atoms with van der Waals surface area (Å²) in [5, 5.41) is 0. The van der Waals surface area contributed by atoms with Gasteiger partial charge in [0, 0.05) is 12.4 Å². The Balaban J connectivity index is 2.58. The fourth-order valence-electron chi connectivity index (χ4n) is 1.60. The van der Waals surface area contributed by atoms with Gasteiger partial charge in [0.25, 0.3) is 0 Å². The van der Waals surface area contributed by atoms with E-state index in [0.717, 1.165) is 0 Å². The van der Waals surface area contributed by atoms with Crippen molar-refractivity contribution in [1.29, 1.82) is 0 Å². The lowest BCUT2D eigenvalue weighted by Crippen LogP contribution is -1.86. The van der Waals surface area contributed by atoms with Gasteiger partial charge in [-0.15, -0.1) is 0 Å². The Bertz CT molecular complexity index is 432. The molecule has 70 valence electrons. The van der Waals surface area contributed by atoms with Crippen molar-refractivity contribution in [2.24, 2.45) is 0 Å². The van der Waals surface area contributed by atoms with Gasteiger partial charge < -0.3 is 0 Å². The van der Waals surface area contributed by atoms with Crippen LogP contribution >= 0.6 is 0 Å². The second-order valence-corrected chi connectivity index (χ2v) is 3.48. The summed E-state index contributed by atoms with van der Waals surface area (Å²) in [5.74, 6) is 0. The first-order chi connectivity index (χ1) is 6.79. The third kappa shape index (κ3) is 1.53. The van der Waals surface area contributed by atoms with Gasteiger partial charge >= 0.3 is 0 Å². The molecule has 0 saturated heterocycles. The SMILES string of the molecule is Cc1cccc(-c2ccncc2)c1C. The molecule has 0 unspecified atom stereocenters. The second kappa shape index (κ2) is 3.62. The van der Waals surface area contributed by atoms with Crippen LogP contribution in [0.1, 0.15) is 11.1 Å². The van der Waals surface area contributed by atoms with Crippen molar-refractivity contribution in [1.82, 2.24) is 4.98 Å². The molecular formula is C13H13N. The van der Waals surface area contributed by atoms with Gasteiger partial charge in [0.05, 0.1) is 0 Å². The van der Waals surface area contributed by atoms with E-state index >= 15 is 0 Å². The standard InChI is InChI=1S/C13H13N/c1-10-4-3-5-13(11(10)2)12-6-8-14-9-7-12/h3-9H,1-2H3. The Kier molecular flexibility index (Phi) is 2.32. The molecule has 1 heterocycles. The molecule has 2 aromatic rings. The van der Waals surface area contributed by atoms with Crippen LogP contribution in [-0.2, 0) is 0 Å². The summed E-state index contributed by atoms with van der Waals surface area (Å²) < 4.78 is 0. The lowest BCUT2D eigenvalue weighted by Gasteiger charge is -2.07. The van der Waals surface area contributed by atoms with E-state index in [9.17, 15) is 0 Å². The molecule has 14 heavy (non-hydrogen) atoms. The molecule has 0 aliphatic carbocycles. The highest BCUT2D eigenvalue weighted by Crippen LogP contribution is 2.24. The highest BCUT2D eigenvalue weighted by Gasteiger charge is 2.01. The molecule has 1 aromatic carbocycles. The molecule has 1 heteroatoms. The van der Waals surface area contributed by atoms with E-state index in [-0.39, 0.29) is 0 Å². The van der Waals surface area contributed by atoms with Crippen molar-refractivity contribution >= 4 is 0 Å². The highest BCUT2D eigenvalue weighted by atomic mass is 14.6. The van der Waals surface area contributed by atoms with Crippen molar-refractivity contribution < 1.29 is 0 Å². The van der Waals surface area contributed by atoms with Gasteiger partial charge in [0.2, 0.25) is 0 Å². The number of rotatable bonds is 1. The normalized spacial score (nSPS) is 10.1. The van der Waals surface area contributed by atoms with Gasteiger partial charge in [0.1, 0.15) is 0 Å². The van der Waals surface area contributed by atoms with Crippen LogP contribution in [0.15, 0.2) is 42.7 Å². The Morgan fingerprint density at radius 2 is 1.64 bits per heavy atom. The van der Waals surface area contributed by atoms with Gasteiger partial charge in [-0.3, -0.25) is 4.98 Å². The molecule has 0 radical (unpaired) electrons. The molecule has 2 rings (SSSR count). The van der Waals surface area contributed by atoms with Crippen molar-refractivity contribution in [2.45, 2.75) is 13.8 Å². The lowest BCUT2D eigenvalue weighted by atomic mass is 9.98. The molecule has 0 N–H and O–H groups in total. The summed E-state index contributed by atoms with van der Waals surface area (Å²) in [6.07, 6.45) is 3.66. The molecular weight excluding hydrogens is 170 g/mol. The Morgan fingerprint density at radius 1 is 0.929 bits per heavy atom. The zero-order valence-corrected chi connectivity index (χ0v) is 8.49. The van der Waals surface area contributed by atoms with Gasteiger partial charge in [-0.2, -0.15) is 0 Å². The van der Waals surface area contributed by atoms with Crippen molar-refractivity contribution in [3.8, 4) is 11.1 Å². The molecule has 0 spiro atoms. The van der Waals surface area contributed by atoms with E-state index < -0.39 is 0 Å². The average molecular weight is 183 g/mol. The van der Waals surface area contributed by atoms with Crippen LogP contribution < -0.4 is 0 Å². The third-order valence-electron chi connectivity index (χ3n) is 2.60. The van der Waals surface area contributed by atoms with Crippen molar-refractivity contribution in [3.05, 3.63) is 53.9 Å². The van der Waals surface area contributed by atoms with Crippen LogP contribution in [0, 0.1) is 13.8 Å². The number of hydrogen-bond donors (Lipinski definition) is 0. The first kappa shape index (κ1) is 8.95. The predicted octanol–water partition coefficient (Wildman–Crippen LogP) is 3.37. The van der Waals surface area contributed by atoms with Gasteiger partial charge in [-0.25, -0.2) is 0 Å². The fourth-order valence-corrected chi connectivity index (χ4v) is 1.60. The van der Waals surface area contributed by atoms with Gasteiger partial charge in [-0.1, -0.05) is 18.2 Å². The summed E-state index contributed by atoms with van der Waals surface area (Å²) in [7, 11) is 0. The maximum Gasteiger partial charge on any atom is 0.0273 e. The van der Waals surface area contributed by atoms with E-state index in [0.29, 0.717) is 0 Å². The maximum absolute atomic E-state index is 4.02. The minimum absolute atomic E-state index is 1.24. The number of pyridine rings is 1. The maximum atomic E-state index is 4.02. The first-order valence-electron chi connectivity index (χ1n) is 4.75.